The first-order valence-corrected chi connectivity index (χ1v) is 17.9. The van der Waals surface area contributed by atoms with Gasteiger partial charge in [0.25, 0.3) is 0 Å². The third-order valence-electron chi connectivity index (χ3n) is 9.74. The molecule has 0 saturated heterocycles. The van der Waals surface area contributed by atoms with Gasteiger partial charge in [0, 0.05) is 36.9 Å². The third kappa shape index (κ3) is 5.25. The maximum atomic E-state index is 5.26. The number of thiophene rings is 1. The Balaban J connectivity index is 1.17. The standard InChI is InChI=1S/C47H29N3S/c1-2-10-30(11-3-1)32-20-24-34(25-21-32)45-48-46(50-47(49-45)41-18-9-16-39-38-15-6-7-19-43(38)51-44(39)41)40-17-8-14-33-23-27-37(29-42(33)40)36-26-22-31-12-4-5-13-35(31)28-36/h1-29H. The second-order valence-corrected chi connectivity index (χ2v) is 13.9. The van der Waals surface area contributed by atoms with Crippen LogP contribution in [0.2, 0.25) is 0 Å². The molecule has 0 spiro atoms. The van der Waals surface area contributed by atoms with E-state index in [1.807, 2.05) is 6.07 Å². The molecule has 0 unspecified atom stereocenters. The van der Waals surface area contributed by atoms with Gasteiger partial charge in [-0.2, -0.15) is 0 Å². The largest absolute Gasteiger partial charge is 0.208 e. The van der Waals surface area contributed by atoms with Gasteiger partial charge in [0.15, 0.2) is 17.5 Å². The molecule has 0 radical (unpaired) electrons. The summed E-state index contributed by atoms with van der Waals surface area (Å²) in [7, 11) is 0. The number of benzene rings is 8. The fourth-order valence-electron chi connectivity index (χ4n) is 7.13. The van der Waals surface area contributed by atoms with Crippen LogP contribution >= 0.6 is 11.3 Å². The van der Waals surface area contributed by atoms with Crippen molar-refractivity contribution >= 4 is 53.1 Å². The molecule has 0 atom stereocenters. The predicted molar refractivity (Wildman–Crippen MR) is 215 cm³/mol. The topological polar surface area (TPSA) is 38.7 Å². The molecule has 0 fully saturated rings. The number of aromatic nitrogens is 3. The van der Waals surface area contributed by atoms with E-state index in [2.05, 4.69) is 170 Å². The van der Waals surface area contributed by atoms with E-state index in [-0.39, 0.29) is 0 Å². The first-order valence-electron chi connectivity index (χ1n) is 17.1. The van der Waals surface area contributed by atoms with E-state index < -0.39 is 0 Å². The molecule has 0 aliphatic carbocycles. The smallest absolute Gasteiger partial charge is 0.165 e. The van der Waals surface area contributed by atoms with Crippen LogP contribution in [-0.4, -0.2) is 15.0 Å². The van der Waals surface area contributed by atoms with Crippen molar-refractivity contribution in [2.24, 2.45) is 0 Å². The fraction of sp³-hybridized carbons (Fsp3) is 0. The Morgan fingerprint density at radius 1 is 0.314 bits per heavy atom. The molecule has 2 aromatic heterocycles. The number of nitrogens with zero attached hydrogens (tertiary/aromatic N) is 3. The van der Waals surface area contributed by atoms with Crippen molar-refractivity contribution < 1.29 is 0 Å². The highest BCUT2D eigenvalue weighted by atomic mass is 32.1. The number of fused-ring (bicyclic) bond motifs is 5. The van der Waals surface area contributed by atoms with Gasteiger partial charge in [-0.3, -0.25) is 0 Å². The summed E-state index contributed by atoms with van der Waals surface area (Å²) in [5, 5.41) is 7.17. The lowest BCUT2D eigenvalue weighted by Gasteiger charge is -2.12. The monoisotopic (exact) mass is 667 g/mol. The minimum atomic E-state index is 0.649. The van der Waals surface area contributed by atoms with Gasteiger partial charge in [0.2, 0.25) is 0 Å². The molecule has 0 aliphatic rings. The van der Waals surface area contributed by atoms with E-state index in [0.717, 1.165) is 38.6 Å². The molecule has 0 aliphatic heterocycles. The summed E-state index contributed by atoms with van der Waals surface area (Å²) in [6, 6.07) is 62.2. The van der Waals surface area contributed by atoms with Crippen LogP contribution in [-0.2, 0) is 0 Å². The summed E-state index contributed by atoms with van der Waals surface area (Å²) >= 11 is 1.79. The van der Waals surface area contributed by atoms with Crippen LogP contribution in [0.3, 0.4) is 0 Å². The summed E-state index contributed by atoms with van der Waals surface area (Å²) in [5.74, 6) is 1.97. The molecule has 0 saturated carbocycles. The highest BCUT2D eigenvalue weighted by Gasteiger charge is 2.18. The van der Waals surface area contributed by atoms with E-state index in [0.29, 0.717) is 17.5 Å². The van der Waals surface area contributed by atoms with Gasteiger partial charge >= 0.3 is 0 Å². The van der Waals surface area contributed by atoms with Crippen LogP contribution in [0.1, 0.15) is 0 Å². The van der Waals surface area contributed by atoms with Gasteiger partial charge in [-0.05, 0) is 68.1 Å². The number of hydrogen-bond acceptors (Lipinski definition) is 4. The normalized spacial score (nSPS) is 11.5. The van der Waals surface area contributed by atoms with Gasteiger partial charge in [-0.1, -0.05) is 152 Å². The van der Waals surface area contributed by atoms with E-state index in [4.69, 9.17) is 15.0 Å². The molecule has 2 heterocycles. The van der Waals surface area contributed by atoms with E-state index in [1.165, 1.54) is 42.1 Å². The maximum Gasteiger partial charge on any atom is 0.165 e. The van der Waals surface area contributed by atoms with Gasteiger partial charge in [0.1, 0.15) is 0 Å². The zero-order chi connectivity index (χ0) is 33.7. The Bertz CT molecular complexity index is 2910. The Kier molecular flexibility index (Phi) is 7.00. The third-order valence-corrected chi connectivity index (χ3v) is 11.0. The average Bonchev–Trinajstić information content (AvgIpc) is 3.59. The molecule has 4 heteroatoms. The van der Waals surface area contributed by atoms with E-state index in [9.17, 15) is 0 Å². The molecule has 0 N–H and O–H groups in total. The lowest BCUT2D eigenvalue weighted by Crippen LogP contribution is -2.00. The van der Waals surface area contributed by atoms with Crippen LogP contribution in [0.25, 0.3) is 98.1 Å². The molecule has 10 aromatic rings. The van der Waals surface area contributed by atoms with Crippen molar-refractivity contribution in [2.75, 3.05) is 0 Å². The molecule has 238 valence electrons. The summed E-state index contributed by atoms with van der Waals surface area (Å²) in [5.41, 5.74) is 7.59. The Labute approximate surface area is 299 Å². The highest BCUT2D eigenvalue weighted by molar-refractivity contribution is 7.26. The van der Waals surface area contributed by atoms with Gasteiger partial charge in [0.05, 0.1) is 0 Å². The number of rotatable bonds is 5. The molecular formula is C47H29N3S. The van der Waals surface area contributed by atoms with Crippen molar-refractivity contribution in [3.05, 3.63) is 176 Å². The maximum absolute atomic E-state index is 5.26. The summed E-state index contributed by atoms with van der Waals surface area (Å²) < 4.78 is 2.43. The minimum Gasteiger partial charge on any atom is -0.208 e. The summed E-state index contributed by atoms with van der Waals surface area (Å²) in [6.45, 7) is 0. The van der Waals surface area contributed by atoms with Crippen molar-refractivity contribution in [2.45, 2.75) is 0 Å². The highest BCUT2D eigenvalue weighted by Crippen LogP contribution is 2.40. The lowest BCUT2D eigenvalue weighted by atomic mass is 9.96. The quantitative estimate of drug-likeness (QED) is 0.183. The van der Waals surface area contributed by atoms with Gasteiger partial charge < -0.3 is 0 Å². The molecule has 8 aromatic carbocycles. The first-order chi connectivity index (χ1) is 25.2. The number of hydrogen-bond donors (Lipinski definition) is 0. The molecule has 0 bridgehead atoms. The molecule has 51 heavy (non-hydrogen) atoms. The molecule has 3 nitrogen and oxygen atoms in total. The SMILES string of the molecule is c1ccc(-c2ccc(-c3nc(-c4cccc5ccc(-c6ccc7ccccc7c6)cc45)nc(-c4cccc5c4sc4ccccc45)n3)cc2)cc1. The van der Waals surface area contributed by atoms with Crippen LogP contribution in [0, 0.1) is 0 Å². The van der Waals surface area contributed by atoms with Crippen LogP contribution in [0.15, 0.2) is 176 Å². The summed E-state index contributed by atoms with van der Waals surface area (Å²) in [4.78, 5) is 15.6. The summed E-state index contributed by atoms with van der Waals surface area (Å²) in [6.07, 6.45) is 0. The Morgan fingerprint density at radius 3 is 1.75 bits per heavy atom. The predicted octanol–water partition coefficient (Wildman–Crippen LogP) is 12.9. The second-order valence-electron chi connectivity index (χ2n) is 12.8. The fourth-order valence-corrected chi connectivity index (χ4v) is 8.34. The van der Waals surface area contributed by atoms with Crippen molar-refractivity contribution in [1.29, 1.82) is 0 Å². The molecule has 0 amide bonds. The second kappa shape index (κ2) is 12.1. The minimum absolute atomic E-state index is 0.649. The molecular weight excluding hydrogens is 639 g/mol. The zero-order valence-electron chi connectivity index (χ0n) is 27.5. The van der Waals surface area contributed by atoms with Gasteiger partial charge in [-0.25, -0.2) is 15.0 Å². The van der Waals surface area contributed by atoms with Crippen molar-refractivity contribution in [3.63, 3.8) is 0 Å². The van der Waals surface area contributed by atoms with E-state index >= 15 is 0 Å². The average molecular weight is 668 g/mol. The van der Waals surface area contributed by atoms with E-state index in [1.54, 1.807) is 11.3 Å². The lowest BCUT2D eigenvalue weighted by molar-refractivity contribution is 1.08. The van der Waals surface area contributed by atoms with Crippen LogP contribution < -0.4 is 0 Å². The van der Waals surface area contributed by atoms with Gasteiger partial charge in [-0.15, -0.1) is 11.3 Å². The first kappa shape index (κ1) is 29.4. The van der Waals surface area contributed by atoms with Crippen LogP contribution in [0.5, 0.6) is 0 Å². The van der Waals surface area contributed by atoms with Crippen molar-refractivity contribution in [1.82, 2.24) is 15.0 Å². The molecule has 10 rings (SSSR count). The van der Waals surface area contributed by atoms with Crippen molar-refractivity contribution in [3.8, 4) is 56.4 Å². The zero-order valence-corrected chi connectivity index (χ0v) is 28.3. The Morgan fingerprint density at radius 2 is 0.882 bits per heavy atom. The Hall–Kier alpha value is -6.49. The van der Waals surface area contributed by atoms with Crippen LogP contribution in [0.4, 0.5) is 0 Å².